The maximum atomic E-state index is 6.13. The van der Waals surface area contributed by atoms with Crippen LogP contribution in [0.3, 0.4) is 0 Å². The predicted molar refractivity (Wildman–Crippen MR) is 104 cm³/mol. The second-order valence-corrected chi connectivity index (χ2v) is 5.85. The van der Waals surface area contributed by atoms with Gasteiger partial charge in [-0.05, 0) is 42.8 Å². The summed E-state index contributed by atoms with van der Waals surface area (Å²) in [4.78, 5) is 0. The number of benzene rings is 2. The van der Waals surface area contributed by atoms with E-state index in [4.69, 9.17) is 32.7 Å². The summed E-state index contributed by atoms with van der Waals surface area (Å²) in [6.45, 7) is 6.98. The van der Waals surface area contributed by atoms with E-state index in [1.165, 1.54) is 0 Å². The second-order valence-electron chi connectivity index (χ2n) is 5.03. The molecule has 0 fully saturated rings. The quantitative estimate of drug-likeness (QED) is 0.375. The third-order valence-corrected chi connectivity index (χ3v) is 3.95. The molecule has 0 saturated carbocycles. The first-order valence-electron chi connectivity index (χ1n) is 7.85. The lowest BCUT2D eigenvalue weighted by atomic mass is 10.2. The Morgan fingerprint density at radius 2 is 1.88 bits per heavy atom. The second kappa shape index (κ2) is 9.97. The van der Waals surface area contributed by atoms with E-state index in [0.717, 1.165) is 11.1 Å². The third kappa shape index (κ3) is 5.69. The third-order valence-electron chi connectivity index (χ3n) is 3.25. The standard InChI is InChI=1S/C19H20Cl2N2O2/c1-3-10-25-18-9-8-14(11-19(18)24-4-2)12-22-23-13-15-16(20)6-5-7-17(15)21/h3,5-9,11-12,23H,1,4,10,13H2,2H3/b22-12+. The van der Waals surface area contributed by atoms with Gasteiger partial charge < -0.3 is 14.9 Å². The summed E-state index contributed by atoms with van der Waals surface area (Å²) in [5.74, 6) is 1.34. The van der Waals surface area contributed by atoms with Gasteiger partial charge in [0.25, 0.3) is 0 Å². The molecule has 0 heterocycles. The largest absolute Gasteiger partial charge is 0.490 e. The number of hydrazone groups is 1. The zero-order valence-corrected chi connectivity index (χ0v) is 15.5. The molecule has 0 aliphatic carbocycles. The van der Waals surface area contributed by atoms with Gasteiger partial charge in [0, 0.05) is 15.6 Å². The molecule has 0 radical (unpaired) electrons. The lowest BCUT2D eigenvalue weighted by Gasteiger charge is -2.11. The molecule has 25 heavy (non-hydrogen) atoms. The van der Waals surface area contributed by atoms with Gasteiger partial charge >= 0.3 is 0 Å². The Morgan fingerprint density at radius 1 is 1.12 bits per heavy atom. The molecule has 0 spiro atoms. The maximum absolute atomic E-state index is 6.13. The molecule has 0 atom stereocenters. The number of rotatable bonds is 9. The molecular formula is C19H20Cl2N2O2. The van der Waals surface area contributed by atoms with Gasteiger partial charge in [-0.2, -0.15) is 5.10 Å². The molecule has 0 aromatic heterocycles. The van der Waals surface area contributed by atoms with Crippen LogP contribution in [0.5, 0.6) is 11.5 Å². The normalized spacial score (nSPS) is 10.7. The van der Waals surface area contributed by atoms with E-state index in [9.17, 15) is 0 Å². The zero-order chi connectivity index (χ0) is 18.1. The van der Waals surface area contributed by atoms with Crippen molar-refractivity contribution in [2.75, 3.05) is 13.2 Å². The number of hydrogen-bond acceptors (Lipinski definition) is 4. The van der Waals surface area contributed by atoms with Gasteiger partial charge in [-0.1, -0.05) is 41.9 Å². The molecular weight excluding hydrogens is 359 g/mol. The molecule has 0 bridgehead atoms. The highest BCUT2D eigenvalue weighted by Gasteiger charge is 2.06. The van der Waals surface area contributed by atoms with Crippen molar-refractivity contribution in [1.29, 1.82) is 0 Å². The van der Waals surface area contributed by atoms with Crippen molar-refractivity contribution in [1.82, 2.24) is 5.43 Å². The summed E-state index contributed by atoms with van der Waals surface area (Å²) in [5, 5.41) is 5.43. The molecule has 0 aliphatic rings. The van der Waals surface area contributed by atoms with Crippen LogP contribution in [0.1, 0.15) is 18.1 Å². The molecule has 0 saturated heterocycles. The summed E-state index contributed by atoms with van der Waals surface area (Å²) in [7, 11) is 0. The summed E-state index contributed by atoms with van der Waals surface area (Å²) >= 11 is 12.3. The topological polar surface area (TPSA) is 42.8 Å². The molecule has 2 rings (SSSR count). The minimum absolute atomic E-state index is 0.424. The van der Waals surface area contributed by atoms with Crippen molar-refractivity contribution in [2.45, 2.75) is 13.5 Å². The zero-order valence-electron chi connectivity index (χ0n) is 14.0. The van der Waals surface area contributed by atoms with Crippen molar-refractivity contribution in [3.63, 3.8) is 0 Å². The van der Waals surface area contributed by atoms with Gasteiger partial charge in [0.15, 0.2) is 11.5 Å². The van der Waals surface area contributed by atoms with Gasteiger partial charge in [-0.15, -0.1) is 0 Å². The summed E-state index contributed by atoms with van der Waals surface area (Å²) < 4.78 is 11.2. The Labute approximate surface area is 158 Å². The van der Waals surface area contributed by atoms with Gasteiger partial charge in [-0.3, -0.25) is 0 Å². The Morgan fingerprint density at radius 3 is 2.56 bits per heavy atom. The number of hydrogen-bond donors (Lipinski definition) is 1. The van der Waals surface area contributed by atoms with Crippen molar-refractivity contribution >= 4 is 29.4 Å². The van der Waals surface area contributed by atoms with Crippen LogP contribution in [0.4, 0.5) is 0 Å². The average Bonchev–Trinajstić information content (AvgIpc) is 2.60. The maximum Gasteiger partial charge on any atom is 0.161 e. The van der Waals surface area contributed by atoms with E-state index in [0.29, 0.717) is 41.3 Å². The molecule has 4 nitrogen and oxygen atoms in total. The van der Waals surface area contributed by atoms with Crippen LogP contribution in [0.25, 0.3) is 0 Å². The van der Waals surface area contributed by atoms with Crippen LogP contribution in [-0.4, -0.2) is 19.4 Å². The van der Waals surface area contributed by atoms with Gasteiger partial charge in [-0.25, -0.2) is 0 Å². The minimum atomic E-state index is 0.424. The lowest BCUT2D eigenvalue weighted by molar-refractivity contribution is 0.297. The van der Waals surface area contributed by atoms with Crippen LogP contribution < -0.4 is 14.9 Å². The highest BCUT2D eigenvalue weighted by Crippen LogP contribution is 2.28. The Hall–Kier alpha value is -2.17. The summed E-state index contributed by atoms with van der Waals surface area (Å²) in [5.41, 5.74) is 4.64. The first-order valence-corrected chi connectivity index (χ1v) is 8.60. The Bertz CT molecular complexity index is 728. The van der Waals surface area contributed by atoms with E-state index in [-0.39, 0.29) is 0 Å². The van der Waals surface area contributed by atoms with E-state index in [1.807, 2.05) is 31.2 Å². The number of ether oxygens (including phenoxy) is 2. The fourth-order valence-electron chi connectivity index (χ4n) is 2.09. The van der Waals surface area contributed by atoms with Crippen LogP contribution in [-0.2, 0) is 6.54 Å². The molecule has 2 aromatic rings. The molecule has 0 aliphatic heterocycles. The fourth-order valence-corrected chi connectivity index (χ4v) is 2.62. The van der Waals surface area contributed by atoms with Crippen LogP contribution in [0.2, 0.25) is 10.0 Å². The fraction of sp³-hybridized carbons (Fsp3) is 0.211. The van der Waals surface area contributed by atoms with Gasteiger partial charge in [0.2, 0.25) is 0 Å². The lowest BCUT2D eigenvalue weighted by Crippen LogP contribution is -2.07. The molecule has 132 valence electrons. The SMILES string of the molecule is C=CCOc1ccc(/C=N/NCc2c(Cl)cccc2Cl)cc1OCC. The van der Waals surface area contributed by atoms with Gasteiger partial charge in [0.1, 0.15) is 6.61 Å². The highest BCUT2D eigenvalue weighted by atomic mass is 35.5. The van der Waals surface area contributed by atoms with Crippen molar-refractivity contribution in [2.24, 2.45) is 5.10 Å². The van der Waals surface area contributed by atoms with Crippen LogP contribution >= 0.6 is 23.2 Å². The van der Waals surface area contributed by atoms with Crippen molar-refractivity contribution in [3.8, 4) is 11.5 Å². The van der Waals surface area contributed by atoms with Crippen LogP contribution in [0, 0.1) is 0 Å². The van der Waals surface area contributed by atoms with Crippen LogP contribution in [0.15, 0.2) is 54.2 Å². The van der Waals surface area contributed by atoms with E-state index in [1.54, 1.807) is 24.4 Å². The number of nitrogens with one attached hydrogen (secondary N) is 1. The smallest absolute Gasteiger partial charge is 0.161 e. The molecule has 2 aromatic carbocycles. The summed E-state index contributed by atoms with van der Waals surface area (Å²) in [6.07, 6.45) is 3.39. The molecule has 0 amide bonds. The molecule has 0 unspecified atom stereocenters. The van der Waals surface area contributed by atoms with Gasteiger partial charge in [0.05, 0.1) is 19.4 Å². The first-order chi connectivity index (χ1) is 12.2. The summed E-state index contributed by atoms with van der Waals surface area (Å²) in [6, 6.07) is 11.0. The van der Waals surface area contributed by atoms with E-state index in [2.05, 4.69) is 17.1 Å². The molecule has 6 heteroatoms. The minimum Gasteiger partial charge on any atom is -0.490 e. The van der Waals surface area contributed by atoms with Crippen molar-refractivity contribution < 1.29 is 9.47 Å². The van der Waals surface area contributed by atoms with E-state index >= 15 is 0 Å². The predicted octanol–water partition coefficient (Wildman–Crippen LogP) is 5.08. The number of halogens is 2. The Kier molecular flexibility index (Phi) is 7.64. The first kappa shape index (κ1) is 19.2. The van der Waals surface area contributed by atoms with Crippen molar-refractivity contribution in [3.05, 3.63) is 70.2 Å². The number of nitrogens with zero attached hydrogens (tertiary/aromatic N) is 1. The molecule has 1 N–H and O–H groups in total. The van der Waals surface area contributed by atoms with E-state index < -0.39 is 0 Å². The highest BCUT2D eigenvalue weighted by molar-refractivity contribution is 6.35. The Balaban J connectivity index is 2.02. The monoisotopic (exact) mass is 378 g/mol. The average molecular weight is 379 g/mol.